The Morgan fingerprint density at radius 3 is 2.58 bits per heavy atom. The predicted octanol–water partition coefficient (Wildman–Crippen LogP) is 1.61. The van der Waals surface area contributed by atoms with E-state index >= 15 is 0 Å². The van der Waals surface area contributed by atoms with Crippen LogP contribution >= 0.6 is 11.6 Å². The van der Waals surface area contributed by atoms with Gasteiger partial charge in [0.1, 0.15) is 0 Å². The van der Waals surface area contributed by atoms with Crippen LogP contribution in [0.1, 0.15) is 17.2 Å². The van der Waals surface area contributed by atoms with Crippen LogP contribution in [-0.4, -0.2) is 6.54 Å². The molecule has 0 bridgehead atoms. The van der Waals surface area contributed by atoms with Crippen molar-refractivity contribution in [3.05, 3.63) is 34.3 Å². The molecule has 66 valence electrons. The van der Waals surface area contributed by atoms with Crippen molar-refractivity contribution < 1.29 is 0 Å². The molecule has 0 fully saturated rings. The zero-order chi connectivity index (χ0) is 9.14. The molecule has 2 nitrogen and oxygen atoms in total. The van der Waals surface area contributed by atoms with Gasteiger partial charge in [-0.1, -0.05) is 17.7 Å². The average Bonchev–Trinajstić information content (AvgIpc) is 2.01. The fourth-order valence-electron chi connectivity index (χ4n) is 1.11. The summed E-state index contributed by atoms with van der Waals surface area (Å²) >= 11 is 5.85. The Bertz CT molecular complexity index is 253. The molecule has 1 aromatic rings. The maximum absolute atomic E-state index is 5.85. The summed E-state index contributed by atoms with van der Waals surface area (Å²) in [7, 11) is 0. The Labute approximate surface area is 77.5 Å². The number of hydrogen-bond acceptors (Lipinski definition) is 2. The highest BCUT2D eigenvalue weighted by Crippen LogP contribution is 2.18. The number of hydrogen-bond donors (Lipinski definition) is 2. The number of nitrogens with two attached hydrogens (primary N) is 2. The lowest BCUT2D eigenvalue weighted by Crippen LogP contribution is -2.20. The zero-order valence-electron chi connectivity index (χ0n) is 7.05. The van der Waals surface area contributed by atoms with Gasteiger partial charge in [-0.2, -0.15) is 0 Å². The molecule has 0 radical (unpaired) electrons. The SMILES string of the molecule is Cc1cc(Cl)cc([C@@H](N)CN)c1. The number of rotatable bonds is 2. The van der Waals surface area contributed by atoms with E-state index in [1.807, 2.05) is 25.1 Å². The smallest absolute Gasteiger partial charge is 0.0420 e. The van der Waals surface area contributed by atoms with Gasteiger partial charge < -0.3 is 11.5 Å². The summed E-state index contributed by atoms with van der Waals surface area (Å²) in [6.45, 7) is 2.43. The van der Waals surface area contributed by atoms with Gasteiger partial charge in [0, 0.05) is 17.6 Å². The van der Waals surface area contributed by atoms with Crippen molar-refractivity contribution in [2.75, 3.05) is 6.54 Å². The van der Waals surface area contributed by atoms with Gasteiger partial charge in [0.2, 0.25) is 0 Å². The van der Waals surface area contributed by atoms with E-state index in [9.17, 15) is 0 Å². The molecule has 0 spiro atoms. The maximum atomic E-state index is 5.85. The van der Waals surface area contributed by atoms with E-state index in [2.05, 4.69) is 0 Å². The van der Waals surface area contributed by atoms with Gasteiger partial charge >= 0.3 is 0 Å². The molecule has 3 heteroatoms. The van der Waals surface area contributed by atoms with Crippen molar-refractivity contribution in [2.45, 2.75) is 13.0 Å². The van der Waals surface area contributed by atoms with Crippen LogP contribution < -0.4 is 11.5 Å². The molecule has 0 saturated heterocycles. The lowest BCUT2D eigenvalue weighted by molar-refractivity contribution is 0.736. The largest absolute Gasteiger partial charge is 0.329 e. The Balaban J connectivity index is 3.00. The second-order valence-corrected chi connectivity index (χ2v) is 3.34. The van der Waals surface area contributed by atoms with E-state index in [0.29, 0.717) is 11.6 Å². The topological polar surface area (TPSA) is 52.0 Å². The standard InChI is InChI=1S/C9H13ClN2/c1-6-2-7(9(12)5-11)4-8(10)3-6/h2-4,9H,5,11-12H2,1H3/t9-/m0/s1. The van der Waals surface area contributed by atoms with Crippen molar-refractivity contribution in [2.24, 2.45) is 11.5 Å². The summed E-state index contributed by atoms with van der Waals surface area (Å²) in [5, 5.41) is 0.717. The van der Waals surface area contributed by atoms with E-state index in [0.717, 1.165) is 11.1 Å². The van der Waals surface area contributed by atoms with Gasteiger partial charge in [-0.25, -0.2) is 0 Å². The summed E-state index contributed by atoms with van der Waals surface area (Å²) in [5.74, 6) is 0. The fourth-order valence-corrected chi connectivity index (χ4v) is 1.41. The summed E-state index contributed by atoms with van der Waals surface area (Å²) < 4.78 is 0. The van der Waals surface area contributed by atoms with Crippen molar-refractivity contribution in [3.8, 4) is 0 Å². The second kappa shape index (κ2) is 3.90. The van der Waals surface area contributed by atoms with E-state index in [1.165, 1.54) is 0 Å². The minimum absolute atomic E-state index is 0.109. The van der Waals surface area contributed by atoms with Gasteiger partial charge in [0.25, 0.3) is 0 Å². The molecule has 0 aliphatic rings. The fraction of sp³-hybridized carbons (Fsp3) is 0.333. The Morgan fingerprint density at radius 1 is 1.42 bits per heavy atom. The first kappa shape index (κ1) is 9.52. The molecular weight excluding hydrogens is 172 g/mol. The van der Waals surface area contributed by atoms with Crippen molar-refractivity contribution >= 4 is 11.6 Å². The van der Waals surface area contributed by atoms with Crippen LogP contribution in [0.5, 0.6) is 0 Å². The average molecular weight is 185 g/mol. The van der Waals surface area contributed by atoms with Crippen molar-refractivity contribution in [1.82, 2.24) is 0 Å². The third-order valence-electron chi connectivity index (χ3n) is 1.75. The highest BCUT2D eigenvalue weighted by molar-refractivity contribution is 6.30. The van der Waals surface area contributed by atoms with Crippen molar-refractivity contribution in [3.63, 3.8) is 0 Å². The first-order valence-electron chi connectivity index (χ1n) is 3.86. The summed E-state index contributed by atoms with van der Waals surface area (Å²) in [6.07, 6.45) is 0. The van der Waals surface area contributed by atoms with E-state index in [1.54, 1.807) is 0 Å². The van der Waals surface area contributed by atoms with Gasteiger partial charge in [-0.05, 0) is 30.2 Å². The first-order valence-corrected chi connectivity index (χ1v) is 4.24. The molecule has 0 heterocycles. The monoisotopic (exact) mass is 184 g/mol. The molecule has 1 atom stereocenters. The minimum atomic E-state index is -0.109. The molecule has 0 unspecified atom stereocenters. The lowest BCUT2D eigenvalue weighted by atomic mass is 10.1. The Hall–Kier alpha value is -0.570. The van der Waals surface area contributed by atoms with E-state index < -0.39 is 0 Å². The van der Waals surface area contributed by atoms with E-state index in [4.69, 9.17) is 23.1 Å². The van der Waals surface area contributed by atoms with Crippen LogP contribution in [-0.2, 0) is 0 Å². The van der Waals surface area contributed by atoms with Gasteiger partial charge in [0.15, 0.2) is 0 Å². The Morgan fingerprint density at radius 2 is 2.08 bits per heavy atom. The maximum Gasteiger partial charge on any atom is 0.0420 e. The highest BCUT2D eigenvalue weighted by Gasteiger charge is 2.04. The second-order valence-electron chi connectivity index (χ2n) is 2.90. The number of aryl methyl sites for hydroxylation is 1. The van der Waals surface area contributed by atoms with Crippen LogP contribution in [0.4, 0.5) is 0 Å². The zero-order valence-corrected chi connectivity index (χ0v) is 7.81. The number of halogens is 1. The quantitative estimate of drug-likeness (QED) is 0.734. The Kier molecular flexibility index (Phi) is 3.09. The molecule has 1 aromatic carbocycles. The molecule has 12 heavy (non-hydrogen) atoms. The normalized spacial score (nSPS) is 13.0. The molecular formula is C9H13ClN2. The van der Waals surface area contributed by atoms with Crippen LogP contribution in [0, 0.1) is 6.92 Å². The molecule has 0 amide bonds. The van der Waals surface area contributed by atoms with Crippen LogP contribution in [0.15, 0.2) is 18.2 Å². The summed E-state index contributed by atoms with van der Waals surface area (Å²) in [4.78, 5) is 0. The third kappa shape index (κ3) is 2.21. The van der Waals surface area contributed by atoms with Crippen LogP contribution in [0.3, 0.4) is 0 Å². The third-order valence-corrected chi connectivity index (χ3v) is 1.96. The first-order chi connectivity index (χ1) is 5.63. The molecule has 0 saturated carbocycles. The van der Waals surface area contributed by atoms with Crippen LogP contribution in [0.25, 0.3) is 0 Å². The highest BCUT2D eigenvalue weighted by atomic mass is 35.5. The van der Waals surface area contributed by atoms with Gasteiger partial charge in [-0.3, -0.25) is 0 Å². The lowest BCUT2D eigenvalue weighted by Gasteiger charge is -2.10. The molecule has 0 aliphatic carbocycles. The summed E-state index contributed by atoms with van der Waals surface area (Å²) in [6, 6.07) is 5.64. The van der Waals surface area contributed by atoms with E-state index in [-0.39, 0.29) is 6.04 Å². The predicted molar refractivity (Wildman–Crippen MR) is 52.2 cm³/mol. The molecule has 4 N–H and O–H groups in total. The minimum Gasteiger partial charge on any atom is -0.329 e. The number of benzene rings is 1. The van der Waals surface area contributed by atoms with Crippen molar-refractivity contribution in [1.29, 1.82) is 0 Å². The van der Waals surface area contributed by atoms with Gasteiger partial charge in [0.05, 0.1) is 0 Å². The molecule has 0 aromatic heterocycles. The summed E-state index contributed by atoms with van der Waals surface area (Å²) in [5.41, 5.74) is 13.3. The van der Waals surface area contributed by atoms with Crippen LogP contribution in [0.2, 0.25) is 5.02 Å². The molecule has 0 aliphatic heterocycles. The van der Waals surface area contributed by atoms with Gasteiger partial charge in [-0.15, -0.1) is 0 Å². The molecule has 1 rings (SSSR count).